The lowest BCUT2D eigenvalue weighted by atomic mass is 10.1. The van der Waals surface area contributed by atoms with Crippen LogP contribution in [0.2, 0.25) is 0 Å². The van der Waals surface area contributed by atoms with Crippen LogP contribution in [0.25, 0.3) is 0 Å². The van der Waals surface area contributed by atoms with Crippen molar-refractivity contribution in [1.29, 1.82) is 0 Å². The molecule has 3 rings (SSSR count). The Morgan fingerprint density at radius 2 is 1.93 bits per heavy atom. The SMILES string of the molecule is Cc1c(CON=C(N)c2cccnc2Oc2ccccc2)cccc1[N+](=O)[O-]. The van der Waals surface area contributed by atoms with Crippen molar-refractivity contribution < 1.29 is 14.5 Å². The zero-order chi connectivity index (χ0) is 19.9. The van der Waals surface area contributed by atoms with E-state index in [1.807, 2.05) is 18.2 Å². The van der Waals surface area contributed by atoms with Gasteiger partial charge in [0.25, 0.3) is 5.69 Å². The summed E-state index contributed by atoms with van der Waals surface area (Å²) in [4.78, 5) is 20.1. The number of nitro groups is 1. The van der Waals surface area contributed by atoms with Crippen LogP contribution < -0.4 is 10.5 Å². The van der Waals surface area contributed by atoms with E-state index in [4.69, 9.17) is 15.3 Å². The fourth-order valence-corrected chi connectivity index (χ4v) is 2.51. The highest BCUT2D eigenvalue weighted by molar-refractivity contribution is 5.99. The van der Waals surface area contributed by atoms with Gasteiger partial charge in [0.2, 0.25) is 5.88 Å². The Kier molecular flexibility index (Phi) is 5.81. The number of ether oxygens (including phenoxy) is 1. The van der Waals surface area contributed by atoms with Gasteiger partial charge in [-0.25, -0.2) is 4.98 Å². The molecule has 2 N–H and O–H groups in total. The minimum absolute atomic E-state index is 0.0314. The molecule has 1 heterocycles. The van der Waals surface area contributed by atoms with Crippen molar-refractivity contribution in [1.82, 2.24) is 4.98 Å². The Labute approximate surface area is 161 Å². The fourth-order valence-electron chi connectivity index (χ4n) is 2.51. The summed E-state index contributed by atoms with van der Waals surface area (Å²) in [6.07, 6.45) is 1.59. The number of hydrogen-bond donors (Lipinski definition) is 1. The molecule has 0 saturated heterocycles. The van der Waals surface area contributed by atoms with Crippen molar-refractivity contribution in [2.24, 2.45) is 10.9 Å². The molecule has 0 aliphatic heterocycles. The lowest BCUT2D eigenvalue weighted by Crippen LogP contribution is -2.15. The first-order valence-electron chi connectivity index (χ1n) is 8.43. The Morgan fingerprint density at radius 3 is 2.68 bits per heavy atom. The zero-order valence-electron chi connectivity index (χ0n) is 15.1. The molecule has 0 spiro atoms. The fraction of sp³-hybridized carbons (Fsp3) is 0.100. The Bertz CT molecular complexity index is 1010. The number of benzene rings is 2. The normalized spacial score (nSPS) is 11.1. The second-order valence-electron chi connectivity index (χ2n) is 5.84. The molecule has 142 valence electrons. The molecule has 8 heteroatoms. The smallest absolute Gasteiger partial charge is 0.272 e. The van der Waals surface area contributed by atoms with Crippen molar-refractivity contribution in [2.45, 2.75) is 13.5 Å². The summed E-state index contributed by atoms with van der Waals surface area (Å²) < 4.78 is 5.75. The molecule has 1 aromatic heterocycles. The lowest BCUT2D eigenvalue weighted by molar-refractivity contribution is -0.385. The number of aromatic nitrogens is 1. The average molecular weight is 378 g/mol. The van der Waals surface area contributed by atoms with Gasteiger partial charge in [-0.1, -0.05) is 35.5 Å². The first kappa shape index (κ1) is 18.8. The molecular weight excluding hydrogens is 360 g/mol. The van der Waals surface area contributed by atoms with E-state index in [0.717, 1.165) is 0 Å². The molecule has 28 heavy (non-hydrogen) atoms. The number of pyridine rings is 1. The minimum atomic E-state index is -0.431. The number of nitrogens with two attached hydrogens (primary N) is 1. The third kappa shape index (κ3) is 4.42. The highest BCUT2D eigenvalue weighted by Crippen LogP contribution is 2.23. The van der Waals surface area contributed by atoms with Crippen LogP contribution in [-0.4, -0.2) is 15.7 Å². The number of para-hydroxylation sites is 1. The number of nitrogens with zero attached hydrogens (tertiary/aromatic N) is 3. The van der Waals surface area contributed by atoms with Gasteiger partial charge in [-0.15, -0.1) is 0 Å². The van der Waals surface area contributed by atoms with E-state index in [-0.39, 0.29) is 18.1 Å². The summed E-state index contributed by atoms with van der Waals surface area (Å²) in [5.41, 5.74) is 7.71. The average Bonchev–Trinajstić information content (AvgIpc) is 2.70. The summed E-state index contributed by atoms with van der Waals surface area (Å²) in [5.74, 6) is 0.996. The van der Waals surface area contributed by atoms with Gasteiger partial charge in [0.1, 0.15) is 12.4 Å². The van der Waals surface area contributed by atoms with Crippen LogP contribution in [0, 0.1) is 17.0 Å². The van der Waals surface area contributed by atoms with Crippen LogP contribution >= 0.6 is 0 Å². The Morgan fingerprint density at radius 1 is 1.14 bits per heavy atom. The minimum Gasteiger partial charge on any atom is -0.438 e. The maximum absolute atomic E-state index is 11.0. The molecule has 0 bridgehead atoms. The van der Waals surface area contributed by atoms with Gasteiger partial charge in [0, 0.05) is 23.4 Å². The monoisotopic (exact) mass is 378 g/mol. The lowest BCUT2D eigenvalue weighted by Gasteiger charge is -2.09. The first-order valence-corrected chi connectivity index (χ1v) is 8.43. The van der Waals surface area contributed by atoms with E-state index in [2.05, 4.69) is 10.1 Å². The third-order valence-electron chi connectivity index (χ3n) is 4.00. The van der Waals surface area contributed by atoms with Crippen LogP contribution in [0.4, 0.5) is 5.69 Å². The molecule has 0 unspecified atom stereocenters. The number of amidine groups is 1. The van der Waals surface area contributed by atoms with E-state index >= 15 is 0 Å². The zero-order valence-corrected chi connectivity index (χ0v) is 15.1. The third-order valence-corrected chi connectivity index (χ3v) is 4.00. The molecule has 0 amide bonds. The maximum Gasteiger partial charge on any atom is 0.272 e. The summed E-state index contributed by atoms with van der Waals surface area (Å²) in [6.45, 7) is 1.71. The van der Waals surface area contributed by atoms with Gasteiger partial charge in [0.15, 0.2) is 5.84 Å². The molecule has 0 radical (unpaired) electrons. The summed E-state index contributed by atoms with van der Waals surface area (Å²) in [6, 6.07) is 17.4. The molecule has 2 aromatic carbocycles. The largest absolute Gasteiger partial charge is 0.438 e. The van der Waals surface area contributed by atoms with Crippen molar-refractivity contribution in [3.8, 4) is 11.6 Å². The van der Waals surface area contributed by atoms with Gasteiger partial charge in [-0.2, -0.15) is 0 Å². The maximum atomic E-state index is 11.0. The summed E-state index contributed by atoms with van der Waals surface area (Å²) in [7, 11) is 0. The highest BCUT2D eigenvalue weighted by atomic mass is 16.6. The van der Waals surface area contributed by atoms with Crippen LogP contribution in [-0.2, 0) is 11.4 Å². The quantitative estimate of drug-likeness (QED) is 0.288. The van der Waals surface area contributed by atoms with Crippen molar-refractivity contribution in [2.75, 3.05) is 0 Å². The molecule has 0 aliphatic carbocycles. The van der Waals surface area contributed by atoms with Crippen molar-refractivity contribution in [3.05, 3.63) is 93.7 Å². The molecule has 3 aromatic rings. The number of hydrogen-bond acceptors (Lipinski definition) is 6. The molecule has 0 fully saturated rings. The summed E-state index contributed by atoms with van der Waals surface area (Å²) in [5, 5.41) is 14.9. The van der Waals surface area contributed by atoms with E-state index in [1.165, 1.54) is 6.07 Å². The van der Waals surface area contributed by atoms with Crippen LogP contribution in [0.1, 0.15) is 16.7 Å². The van der Waals surface area contributed by atoms with Crippen molar-refractivity contribution >= 4 is 11.5 Å². The molecule has 0 saturated carbocycles. The predicted octanol–water partition coefficient (Wildman–Crippen LogP) is 3.93. The Balaban J connectivity index is 1.74. The van der Waals surface area contributed by atoms with Crippen LogP contribution in [0.3, 0.4) is 0 Å². The Hall–Kier alpha value is -3.94. The molecule has 8 nitrogen and oxygen atoms in total. The van der Waals surface area contributed by atoms with Crippen molar-refractivity contribution in [3.63, 3.8) is 0 Å². The number of nitro benzene ring substituents is 1. The summed E-state index contributed by atoms with van der Waals surface area (Å²) >= 11 is 0. The van der Waals surface area contributed by atoms with Gasteiger partial charge in [-0.3, -0.25) is 10.1 Å². The highest BCUT2D eigenvalue weighted by Gasteiger charge is 2.14. The van der Waals surface area contributed by atoms with Gasteiger partial charge < -0.3 is 15.3 Å². The van der Waals surface area contributed by atoms with E-state index in [0.29, 0.717) is 28.3 Å². The van der Waals surface area contributed by atoms with Gasteiger partial charge in [-0.05, 0) is 31.2 Å². The second kappa shape index (κ2) is 8.63. The topological polar surface area (TPSA) is 113 Å². The molecular formula is C20H18N4O4. The number of rotatable bonds is 7. The first-order chi connectivity index (χ1) is 13.6. The molecule has 0 aliphatic rings. The van der Waals surface area contributed by atoms with Gasteiger partial charge in [0.05, 0.1) is 10.5 Å². The standard InChI is InChI=1S/C20H18N4O4/c1-14-15(7-5-11-18(14)24(25)26)13-27-23-19(21)17-10-6-12-22-20(17)28-16-8-3-2-4-9-16/h2-12H,13H2,1H3,(H2,21,23). The van der Waals surface area contributed by atoms with E-state index < -0.39 is 4.92 Å². The van der Waals surface area contributed by atoms with E-state index in [9.17, 15) is 10.1 Å². The molecule has 0 atom stereocenters. The predicted molar refractivity (Wildman–Crippen MR) is 104 cm³/mol. The second-order valence-corrected chi connectivity index (χ2v) is 5.84. The van der Waals surface area contributed by atoms with Crippen LogP contribution in [0.15, 0.2) is 72.0 Å². The van der Waals surface area contributed by atoms with Gasteiger partial charge >= 0.3 is 0 Å². The van der Waals surface area contributed by atoms with Crippen LogP contribution in [0.5, 0.6) is 11.6 Å². The van der Waals surface area contributed by atoms with E-state index in [1.54, 1.807) is 49.5 Å². The number of oxime groups is 1.